The molecule has 0 atom stereocenters. The lowest BCUT2D eigenvalue weighted by Gasteiger charge is -2.27. The number of fused-ring (bicyclic) bond motifs is 1. The van der Waals surface area contributed by atoms with Gasteiger partial charge in [0.2, 0.25) is 5.91 Å². The average molecular weight is 464 g/mol. The van der Waals surface area contributed by atoms with Crippen molar-refractivity contribution in [3.63, 3.8) is 0 Å². The molecular weight excluding hydrogens is 437 g/mol. The second-order valence-electron chi connectivity index (χ2n) is 7.90. The lowest BCUT2D eigenvalue weighted by atomic mass is 9.99. The summed E-state index contributed by atoms with van der Waals surface area (Å²) in [6.07, 6.45) is -4.93. The number of nitrogens with zero attached hydrogens (tertiary/aromatic N) is 2. The predicted octanol–water partition coefficient (Wildman–Crippen LogP) is 3.40. The van der Waals surface area contributed by atoms with Crippen LogP contribution in [0.15, 0.2) is 42.5 Å². The van der Waals surface area contributed by atoms with Gasteiger partial charge in [-0.2, -0.15) is 13.2 Å². The van der Waals surface area contributed by atoms with E-state index < -0.39 is 23.7 Å². The molecule has 1 heterocycles. The summed E-state index contributed by atoms with van der Waals surface area (Å²) in [5.74, 6) is -0.419. The first-order valence-electron chi connectivity index (χ1n) is 10.6. The zero-order valence-electron chi connectivity index (χ0n) is 18.3. The lowest BCUT2D eigenvalue weighted by molar-refractivity contribution is -0.139. The summed E-state index contributed by atoms with van der Waals surface area (Å²) in [7, 11) is 1.34. The fourth-order valence-corrected chi connectivity index (χ4v) is 3.78. The Morgan fingerprint density at radius 1 is 1.12 bits per heavy atom. The molecule has 0 radical (unpaired) electrons. The molecule has 0 spiro atoms. The van der Waals surface area contributed by atoms with E-state index in [9.17, 15) is 22.8 Å². The molecule has 0 bridgehead atoms. The molecule has 2 aromatic rings. The van der Waals surface area contributed by atoms with E-state index in [1.807, 2.05) is 18.2 Å². The van der Waals surface area contributed by atoms with Crippen molar-refractivity contribution in [2.75, 3.05) is 38.5 Å². The third-order valence-electron chi connectivity index (χ3n) is 5.64. The maximum absolute atomic E-state index is 13.4. The van der Waals surface area contributed by atoms with Crippen molar-refractivity contribution in [1.29, 1.82) is 0 Å². The number of amides is 2. The number of rotatable bonds is 8. The summed E-state index contributed by atoms with van der Waals surface area (Å²) < 4.78 is 40.3. The van der Waals surface area contributed by atoms with Crippen LogP contribution >= 0.6 is 0 Å². The number of anilines is 1. The Morgan fingerprint density at radius 2 is 1.88 bits per heavy atom. The van der Waals surface area contributed by atoms with E-state index in [0.29, 0.717) is 0 Å². The maximum Gasteiger partial charge on any atom is 0.416 e. The fourth-order valence-electron chi connectivity index (χ4n) is 3.78. The van der Waals surface area contributed by atoms with Crippen LogP contribution in [0.3, 0.4) is 0 Å². The summed E-state index contributed by atoms with van der Waals surface area (Å²) in [4.78, 5) is 26.4. The number of alkyl halides is 3. The average Bonchev–Trinajstić information content (AvgIpc) is 2.79. The van der Waals surface area contributed by atoms with E-state index in [-0.39, 0.29) is 31.7 Å². The molecule has 0 aliphatic carbocycles. The minimum atomic E-state index is -4.56. The first-order chi connectivity index (χ1) is 15.7. The van der Waals surface area contributed by atoms with Crippen LogP contribution in [0.4, 0.5) is 23.7 Å². The van der Waals surface area contributed by atoms with Crippen molar-refractivity contribution in [3.8, 4) is 0 Å². The minimum absolute atomic E-state index is 0.0261. The number of nitrogens with one attached hydrogen (secondary N) is 2. The number of carbonyl (C=O) groups excluding carboxylic acids is 1. The Labute approximate surface area is 190 Å². The molecule has 3 N–H and O–H groups in total. The second kappa shape index (κ2) is 10.6. The molecule has 0 aromatic heterocycles. The number of benzene rings is 2. The van der Waals surface area contributed by atoms with Crippen LogP contribution in [-0.4, -0.2) is 60.1 Å². The van der Waals surface area contributed by atoms with Gasteiger partial charge in [-0.25, -0.2) is 4.79 Å². The summed E-state index contributed by atoms with van der Waals surface area (Å²) in [5, 5.41) is 15.5. The van der Waals surface area contributed by atoms with Gasteiger partial charge < -0.3 is 25.5 Å². The van der Waals surface area contributed by atoms with Crippen molar-refractivity contribution in [2.24, 2.45) is 0 Å². The standard InChI is InChI=1S/C23H27F3N4O3/c1-29(22(32)33)11-12-30(15-17-5-2-3-7-19(17)23(24,25)26)21(31)14-28-20-8-4-6-16-13-27-10-9-18(16)20/h2-8,27-28H,9-15H2,1H3,(H,32,33). The van der Waals surface area contributed by atoms with E-state index in [1.54, 1.807) is 0 Å². The first kappa shape index (κ1) is 24.4. The van der Waals surface area contributed by atoms with Crippen molar-refractivity contribution >= 4 is 17.7 Å². The summed E-state index contributed by atoms with van der Waals surface area (Å²) in [5.41, 5.74) is 2.22. The van der Waals surface area contributed by atoms with Gasteiger partial charge >= 0.3 is 12.3 Å². The summed E-state index contributed by atoms with van der Waals surface area (Å²) >= 11 is 0. The number of halogens is 3. The van der Waals surface area contributed by atoms with Crippen LogP contribution < -0.4 is 10.6 Å². The van der Waals surface area contributed by atoms with Gasteiger partial charge in [-0.3, -0.25) is 4.79 Å². The Balaban J connectivity index is 1.77. The largest absolute Gasteiger partial charge is 0.465 e. The minimum Gasteiger partial charge on any atom is -0.465 e. The van der Waals surface area contributed by atoms with E-state index in [2.05, 4.69) is 10.6 Å². The molecule has 2 aromatic carbocycles. The van der Waals surface area contributed by atoms with Crippen LogP contribution in [0.25, 0.3) is 0 Å². The molecule has 7 nitrogen and oxygen atoms in total. The Kier molecular flexibility index (Phi) is 7.80. The zero-order valence-corrected chi connectivity index (χ0v) is 18.3. The first-order valence-corrected chi connectivity index (χ1v) is 10.6. The van der Waals surface area contributed by atoms with Crippen molar-refractivity contribution in [3.05, 3.63) is 64.7 Å². The van der Waals surface area contributed by atoms with Gasteiger partial charge in [-0.15, -0.1) is 0 Å². The highest BCUT2D eigenvalue weighted by Gasteiger charge is 2.33. The van der Waals surface area contributed by atoms with Crippen LogP contribution in [0.5, 0.6) is 0 Å². The maximum atomic E-state index is 13.4. The smallest absolute Gasteiger partial charge is 0.416 e. The van der Waals surface area contributed by atoms with Crippen LogP contribution in [-0.2, 0) is 30.5 Å². The Hall–Kier alpha value is -3.27. The third kappa shape index (κ3) is 6.38. The number of hydrogen-bond acceptors (Lipinski definition) is 4. The molecule has 10 heteroatoms. The highest BCUT2D eigenvalue weighted by molar-refractivity contribution is 5.81. The van der Waals surface area contributed by atoms with E-state index in [4.69, 9.17) is 5.11 Å². The normalized spacial score (nSPS) is 13.2. The topological polar surface area (TPSA) is 84.9 Å². The van der Waals surface area contributed by atoms with Crippen molar-refractivity contribution in [2.45, 2.75) is 25.7 Å². The molecule has 0 saturated carbocycles. The molecule has 0 fully saturated rings. The van der Waals surface area contributed by atoms with E-state index in [0.717, 1.165) is 47.3 Å². The molecule has 3 rings (SSSR count). The zero-order chi connectivity index (χ0) is 24.0. The molecule has 0 saturated heterocycles. The summed E-state index contributed by atoms with van der Waals surface area (Å²) in [6, 6.07) is 10.9. The van der Waals surface area contributed by atoms with Gasteiger partial charge in [0.15, 0.2) is 0 Å². The van der Waals surface area contributed by atoms with Crippen LogP contribution in [0.1, 0.15) is 22.3 Å². The molecule has 33 heavy (non-hydrogen) atoms. The summed E-state index contributed by atoms with van der Waals surface area (Å²) in [6.45, 7) is 1.10. The SMILES string of the molecule is CN(CCN(Cc1ccccc1C(F)(F)F)C(=O)CNc1cccc2c1CCNC2)C(=O)O. The van der Waals surface area contributed by atoms with Crippen LogP contribution in [0, 0.1) is 0 Å². The lowest BCUT2D eigenvalue weighted by Crippen LogP contribution is -2.41. The Bertz CT molecular complexity index is 997. The monoisotopic (exact) mass is 464 g/mol. The predicted molar refractivity (Wildman–Crippen MR) is 118 cm³/mol. The van der Waals surface area contributed by atoms with Crippen molar-refractivity contribution < 1.29 is 27.9 Å². The van der Waals surface area contributed by atoms with E-state index >= 15 is 0 Å². The fraction of sp³-hybridized carbons (Fsp3) is 0.391. The molecule has 0 unspecified atom stereocenters. The third-order valence-corrected chi connectivity index (χ3v) is 5.64. The van der Waals surface area contributed by atoms with Gasteiger partial charge in [0.05, 0.1) is 12.1 Å². The highest BCUT2D eigenvalue weighted by atomic mass is 19.4. The van der Waals surface area contributed by atoms with Gasteiger partial charge in [0.25, 0.3) is 0 Å². The van der Waals surface area contributed by atoms with Gasteiger partial charge in [-0.1, -0.05) is 30.3 Å². The highest BCUT2D eigenvalue weighted by Crippen LogP contribution is 2.32. The molecule has 178 valence electrons. The van der Waals surface area contributed by atoms with Crippen molar-refractivity contribution in [1.82, 2.24) is 15.1 Å². The van der Waals surface area contributed by atoms with E-state index in [1.165, 1.54) is 30.1 Å². The number of carboxylic acid groups (broad SMARTS) is 1. The van der Waals surface area contributed by atoms with Gasteiger partial charge in [0.1, 0.15) is 0 Å². The number of likely N-dealkylation sites (N-methyl/N-ethyl adjacent to an activating group) is 1. The molecule has 1 aliphatic rings. The molecular formula is C23H27F3N4O3. The van der Waals surface area contributed by atoms with Gasteiger partial charge in [-0.05, 0) is 41.8 Å². The molecule has 2 amide bonds. The number of carbonyl (C=O) groups is 2. The molecule has 1 aliphatic heterocycles. The Morgan fingerprint density at radius 3 is 2.61 bits per heavy atom. The second-order valence-corrected chi connectivity index (χ2v) is 7.90. The number of hydrogen-bond donors (Lipinski definition) is 3. The quantitative estimate of drug-likeness (QED) is 0.558. The van der Waals surface area contributed by atoms with Gasteiger partial charge in [0, 0.05) is 38.9 Å². The van der Waals surface area contributed by atoms with Crippen LogP contribution in [0.2, 0.25) is 0 Å².